The smallest absolute Gasteiger partial charge is 0.255 e. The number of hydrogen-bond donors (Lipinski definition) is 0. The molecular formula is C9H10FNO. The van der Waals surface area contributed by atoms with Crippen LogP contribution in [0, 0.1) is 12.9 Å². The van der Waals surface area contributed by atoms with Crippen LogP contribution in [0.2, 0.25) is 0 Å². The number of aryl methyl sites for hydroxylation is 1. The van der Waals surface area contributed by atoms with Crippen LogP contribution in [0.15, 0.2) is 12.3 Å². The highest BCUT2D eigenvalue weighted by Crippen LogP contribution is 2.27. The molecule has 1 aromatic rings. The van der Waals surface area contributed by atoms with Gasteiger partial charge in [0.25, 0.3) is 5.95 Å². The zero-order valence-electron chi connectivity index (χ0n) is 6.88. The van der Waals surface area contributed by atoms with Crippen LogP contribution in [-0.4, -0.2) is 11.1 Å². The van der Waals surface area contributed by atoms with Crippen LogP contribution in [0.3, 0.4) is 0 Å². The van der Waals surface area contributed by atoms with Crippen molar-refractivity contribution in [2.45, 2.75) is 25.9 Å². The molecule has 0 aromatic carbocycles. The van der Waals surface area contributed by atoms with Gasteiger partial charge in [-0.3, -0.25) is 0 Å². The summed E-state index contributed by atoms with van der Waals surface area (Å²) in [5.41, 5.74) is 0.923. The van der Waals surface area contributed by atoms with Gasteiger partial charge in [0.05, 0.1) is 6.10 Å². The standard InChI is InChI=1S/C9H10FNO/c1-6-4-8(9(10)11-5-6)12-7-2-3-7/h4-5,7H,2-3H2,1H3. The van der Waals surface area contributed by atoms with Gasteiger partial charge < -0.3 is 4.74 Å². The van der Waals surface area contributed by atoms with E-state index in [0.717, 1.165) is 18.4 Å². The highest BCUT2D eigenvalue weighted by atomic mass is 19.1. The Bertz CT molecular complexity index is 297. The Balaban J connectivity index is 2.21. The molecule has 0 atom stereocenters. The van der Waals surface area contributed by atoms with Crippen molar-refractivity contribution in [3.8, 4) is 5.75 Å². The summed E-state index contributed by atoms with van der Waals surface area (Å²) in [6, 6.07) is 1.68. The zero-order valence-corrected chi connectivity index (χ0v) is 6.88. The molecule has 1 aromatic heterocycles. The van der Waals surface area contributed by atoms with E-state index in [1.165, 1.54) is 6.20 Å². The summed E-state index contributed by atoms with van der Waals surface area (Å²) in [5, 5.41) is 0. The lowest BCUT2D eigenvalue weighted by Crippen LogP contribution is -2.00. The maximum Gasteiger partial charge on any atom is 0.255 e. The Morgan fingerprint density at radius 2 is 2.33 bits per heavy atom. The van der Waals surface area contributed by atoms with Gasteiger partial charge in [0, 0.05) is 6.20 Å². The van der Waals surface area contributed by atoms with E-state index in [1.807, 2.05) is 6.92 Å². The molecule has 0 spiro atoms. The third kappa shape index (κ3) is 1.55. The minimum Gasteiger partial charge on any atom is -0.486 e. The monoisotopic (exact) mass is 167 g/mol. The average molecular weight is 167 g/mol. The normalized spacial score (nSPS) is 16.2. The van der Waals surface area contributed by atoms with Crippen molar-refractivity contribution >= 4 is 0 Å². The summed E-state index contributed by atoms with van der Waals surface area (Å²) in [6.45, 7) is 1.87. The number of nitrogens with zero attached hydrogens (tertiary/aromatic N) is 1. The molecule has 0 aliphatic heterocycles. The lowest BCUT2D eigenvalue weighted by atomic mass is 10.3. The van der Waals surface area contributed by atoms with Crippen LogP contribution in [0.5, 0.6) is 5.75 Å². The molecule has 0 N–H and O–H groups in total. The summed E-state index contributed by atoms with van der Waals surface area (Å²) in [6.07, 6.45) is 3.79. The van der Waals surface area contributed by atoms with Gasteiger partial charge in [0.15, 0.2) is 5.75 Å². The van der Waals surface area contributed by atoms with Gasteiger partial charge in [-0.2, -0.15) is 4.39 Å². The molecule has 0 radical (unpaired) electrons. The molecule has 0 unspecified atom stereocenters. The van der Waals surface area contributed by atoms with Crippen LogP contribution in [0.25, 0.3) is 0 Å². The van der Waals surface area contributed by atoms with Crippen LogP contribution in [0.1, 0.15) is 18.4 Å². The largest absolute Gasteiger partial charge is 0.486 e. The van der Waals surface area contributed by atoms with E-state index < -0.39 is 5.95 Å². The summed E-state index contributed by atoms with van der Waals surface area (Å²) >= 11 is 0. The van der Waals surface area contributed by atoms with Gasteiger partial charge in [-0.05, 0) is 31.4 Å². The minimum absolute atomic E-state index is 0.225. The van der Waals surface area contributed by atoms with Crippen molar-refractivity contribution in [1.29, 1.82) is 0 Å². The highest BCUT2D eigenvalue weighted by molar-refractivity contribution is 5.24. The number of pyridine rings is 1. The number of hydrogen-bond acceptors (Lipinski definition) is 2. The maximum absolute atomic E-state index is 12.9. The van der Waals surface area contributed by atoms with E-state index in [9.17, 15) is 4.39 Å². The first-order valence-electron chi connectivity index (χ1n) is 4.04. The van der Waals surface area contributed by atoms with Crippen LogP contribution in [0.4, 0.5) is 4.39 Å². The lowest BCUT2D eigenvalue weighted by molar-refractivity contribution is 0.283. The number of ether oxygens (including phenoxy) is 1. The first kappa shape index (κ1) is 7.53. The van der Waals surface area contributed by atoms with Gasteiger partial charge >= 0.3 is 0 Å². The Morgan fingerprint density at radius 1 is 1.58 bits per heavy atom. The van der Waals surface area contributed by atoms with Gasteiger partial charge in [0.1, 0.15) is 0 Å². The molecule has 2 rings (SSSR count). The van der Waals surface area contributed by atoms with E-state index in [-0.39, 0.29) is 11.9 Å². The third-order valence-electron chi connectivity index (χ3n) is 1.76. The number of aromatic nitrogens is 1. The molecule has 0 bridgehead atoms. The predicted octanol–water partition coefficient (Wildman–Crippen LogP) is 2.07. The van der Waals surface area contributed by atoms with Crippen molar-refractivity contribution in [3.63, 3.8) is 0 Å². The van der Waals surface area contributed by atoms with Gasteiger partial charge in [-0.15, -0.1) is 0 Å². The zero-order chi connectivity index (χ0) is 8.55. The van der Waals surface area contributed by atoms with E-state index in [0.29, 0.717) is 0 Å². The van der Waals surface area contributed by atoms with Gasteiger partial charge in [-0.25, -0.2) is 4.98 Å². The van der Waals surface area contributed by atoms with Crippen molar-refractivity contribution in [3.05, 3.63) is 23.8 Å². The summed E-state index contributed by atoms with van der Waals surface area (Å²) in [5.74, 6) is -0.218. The molecular weight excluding hydrogens is 157 g/mol. The Kier molecular flexibility index (Phi) is 1.71. The topological polar surface area (TPSA) is 22.1 Å². The Labute approximate surface area is 70.4 Å². The van der Waals surface area contributed by atoms with E-state index in [1.54, 1.807) is 6.07 Å². The molecule has 12 heavy (non-hydrogen) atoms. The minimum atomic E-state index is -0.507. The van der Waals surface area contributed by atoms with Crippen molar-refractivity contribution in [2.24, 2.45) is 0 Å². The van der Waals surface area contributed by atoms with Crippen molar-refractivity contribution < 1.29 is 9.13 Å². The Morgan fingerprint density at radius 3 is 3.00 bits per heavy atom. The first-order valence-corrected chi connectivity index (χ1v) is 4.04. The molecule has 1 fully saturated rings. The quantitative estimate of drug-likeness (QED) is 0.629. The second-order valence-corrected chi connectivity index (χ2v) is 3.12. The fourth-order valence-electron chi connectivity index (χ4n) is 0.974. The predicted molar refractivity (Wildman–Crippen MR) is 42.6 cm³/mol. The van der Waals surface area contributed by atoms with Crippen LogP contribution < -0.4 is 4.74 Å². The first-order chi connectivity index (χ1) is 5.75. The summed E-state index contributed by atoms with van der Waals surface area (Å²) in [7, 11) is 0. The molecule has 0 amide bonds. The fourth-order valence-corrected chi connectivity index (χ4v) is 0.974. The van der Waals surface area contributed by atoms with Gasteiger partial charge in [-0.1, -0.05) is 0 Å². The molecule has 0 saturated heterocycles. The third-order valence-corrected chi connectivity index (χ3v) is 1.76. The fraction of sp³-hybridized carbons (Fsp3) is 0.444. The molecule has 1 saturated carbocycles. The van der Waals surface area contributed by atoms with E-state index >= 15 is 0 Å². The van der Waals surface area contributed by atoms with Crippen LogP contribution >= 0.6 is 0 Å². The van der Waals surface area contributed by atoms with Crippen molar-refractivity contribution in [1.82, 2.24) is 4.98 Å². The molecule has 2 nitrogen and oxygen atoms in total. The number of halogens is 1. The second-order valence-electron chi connectivity index (χ2n) is 3.12. The second kappa shape index (κ2) is 2.73. The molecule has 1 heterocycles. The maximum atomic E-state index is 12.9. The van der Waals surface area contributed by atoms with E-state index in [2.05, 4.69) is 4.98 Å². The molecule has 64 valence electrons. The number of rotatable bonds is 2. The van der Waals surface area contributed by atoms with Gasteiger partial charge in [0.2, 0.25) is 0 Å². The average Bonchev–Trinajstić information content (AvgIpc) is 2.81. The van der Waals surface area contributed by atoms with E-state index in [4.69, 9.17) is 4.74 Å². The van der Waals surface area contributed by atoms with Crippen molar-refractivity contribution in [2.75, 3.05) is 0 Å². The molecule has 3 heteroatoms. The summed E-state index contributed by atoms with van der Waals surface area (Å²) in [4.78, 5) is 3.57. The Hall–Kier alpha value is -1.12. The van der Waals surface area contributed by atoms with Crippen LogP contribution in [-0.2, 0) is 0 Å². The molecule has 1 aliphatic rings. The lowest BCUT2D eigenvalue weighted by Gasteiger charge is -2.04. The SMILES string of the molecule is Cc1cnc(F)c(OC2CC2)c1. The highest BCUT2D eigenvalue weighted by Gasteiger charge is 2.24. The molecule has 1 aliphatic carbocycles. The summed E-state index contributed by atoms with van der Waals surface area (Å²) < 4.78 is 18.2.